The molecule has 2 N–H and O–H groups in total. The summed E-state index contributed by atoms with van der Waals surface area (Å²) < 4.78 is 23.4. The van der Waals surface area contributed by atoms with Crippen molar-refractivity contribution in [2.45, 2.75) is 76.2 Å². The third kappa shape index (κ3) is 5.70. The van der Waals surface area contributed by atoms with E-state index in [2.05, 4.69) is 26.1 Å². The number of nitrogens with one attached hydrogen (secondary N) is 1. The van der Waals surface area contributed by atoms with Crippen LogP contribution in [0.3, 0.4) is 0 Å². The monoisotopic (exact) mass is 305 g/mol. The maximum Gasteiger partial charge on any atom is 0.150 e. The van der Waals surface area contributed by atoms with Crippen LogP contribution in [-0.4, -0.2) is 42.7 Å². The Hall–Kier alpha value is -0.130. The second-order valence-corrected chi connectivity index (χ2v) is 9.92. The fourth-order valence-corrected chi connectivity index (χ4v) is 4.17. The van der Waals surface area contributed by atoms with Crippen LogP contribution in [0.2, 0.25) is 0 Å². The van der Waals surface area contributed by atoms with Crippen molar-refractivity contribution in [3.63, 3.8) is 0 Å². The second kappa shape index (κ2) is 6.32. The first-order valence-corrected chi connectivity index (χ1v) is 9.53. The lowest BCUT2D eigenvalue weighted by Gasteiger charge is -2.39. The van der Waals surface area contributed by atoms with Crippen molar-refractivity contribution < 1.29 is 13.5 Å². The minimum absolute atomic E-state index is 0.0396. The molecule has 0 aromatic carbocycles. The molecule has 1 saturated carbocycles. The molecule has 0 amide bonds. The van der Waals surface area contributed by atoms with Gasteiger partial charge in [0, 0.05) is 11.8 Å². The molecule has 5 heteroatoms. The lowest BCUT2D eigenvalue weighted by atomic mass is 9.76. The smallest absolute Gasteiger partial charge is 0.150 e. The molecule has 3 atom stereocenters. The van der Waals surface area contributed by atoms with Crippen LogP contribution in [0.25, 0.3) is 0 Å². The van der Waals surface area contributed by atoms with E-state index in [1.165, 1.54) is 6.26 Å². The first-order chi connectivity index (χ1) is 8.92. The number of aliphatic hydroxyl groups is 1. The molecule has 4 nitrogen and oxygen atoms in total. The summed E-state index contributed by atoms with van der Waals surface area (Å²) in [5.74, 6) is 0.0812. The first-order valence-electron chi connectivity index (χ1n) is 7.58. The van der Waals surface area contributed by atoms with E-state index >= 15 is 0 Å². The quantitative estimate of drug-likeness (QED) is 0.816. The molecule has 0 saturated heterocycles. The maximum atomic E-state index is 11.7. The molecule has 0 spiro atoms. The summed E-state index contributed by atoms with van der Waals surface area (Å²) in [5, 5.41) is 13.8. The molecular formula is C15H31NO3S. The van der Waals surface area contributed by atoms with E-state index in [4.69, 9.17) is 0 Å². The Labute approximate surface area is 124 Å². The summed E-state index contributed by atoms with van der Waals surface area (Å²) in [5.41, 5.74) is -0.750. The fraction of sp³-hybridized carbons (Fsp3) is 1.00. The Morgan fingerprint density at radius 2 is 1.80 bits per heavy atom. The average molecular weight is 305 g/mol. The van der Waals surface area contributed by atoms with Gasteiger partial charge in [-0.25, -0.2) is 8.42 Å². The number of hydrogen-bond acceptors (Lipinski definition) is 4. The normalized spacial score (nSPS) is 28.1. The van der Waals surface area contributed by atoms with Crippen LogP contribution < -0.4 is 5.32 Å². The topological polar surface area (TPSA) is 66.4 Å². The molecule has 0 aromatic heterocycles. The molecule has 1 fully saturated rings. The van der Waals surface area contributed by atoms with Gasteiger partial charge in [0.2, 0.25) is 0 Å². The highest BCUT2D eigenvalue weighted by molar-refractivity contribution is 7.91. The van der Waals surface area contributed by atoms with E-state index in [-0.39, 0.29) is 16.7 Å². The van der Waals surface area contributed by atoms with E-state index in [1.807, 2.05) is 6.92 Å². The molecule has 20 heavy (non-hydrogen) atoms. The summed E-state index contributed by atoms with van der Waals surface area (Å²) in [6.07, 6.45) is 5.13. The van der Waals surface area contributed by atoms with Crippen LogP contribution >= 0.6 is 0 Å². The lowest BCUT2D eigenvalue weighted by molar-refractivity contribution is -0.0232. The number of hydrogen-bond donors (Lipinski definition) is 2. The molecule has 0 radical (unpaired) electrons. The van der Waals surface area contributed by atoms with Gasteiger partial charge in [-0.15, -0.1) is 0 Å². The summed E-state index contributed by atoms with van der Waals surface area (Å²) in [6.45, 7) is 8.90. The number of rotatable bonds is 5. The zero-order chi connectivity index (χ0) is 15.6. The molecule has 1 rings (SSSR count). The van der Waals surface area contributed by atoms with Crippen molar-refractivity contribution in [1.29, 1.82) is 0 Å². The van der Waals surface area contributed by atoms with Crippen LogP contribution in [0.15, 0.2) is 0 Å². The standard InChI is InChI=1S/C15H31NO3S/c1-14(2,3)16-10-9-15(4,17)12-7-6-8-13(11-12)20(5,18)19/h12-13,16-17H,6-11H2,1-5H3. The molecule has 3 unspecified atom stereocenters. The fourth-order valence-electron chi connectivity index (χ4n) is 2.99. The Morgan fingerprint density at radius 1 is 1.20 bits per heavy atom. The van der Waals surface area contributed by atoms with Gasteiger partial charge < -0.3 is 10.4 Å². The first kappa shape index (κ1) is 17.9. The van der Waals surface area contributed by atoms with Gasteiger partial charge >= 0.3 is 0 Å². The minimum atomic E-state index is -2.99. The Bertz CT molecular complexity index is 409. The minimum Gasteiger partial charge on any atom is -0.390 e. The molecule has 0 aromatic rings. The molecule has 0 heterocycles. The van der Waals surface area contributed by atoms with Crippen LogP contribution in [0.1, 0.15) is 59.8 Å². The third-order valence-electron chi connectivity index (χ3n) is 4.40. The van der Waals surface area contributed by atoms with Crippen molar-refractivity contribution in [2.24, 2.45) is 5.92 Å². The van der Waals surface area contributed by atoms with Gasteiger partial charge in [0.15, 0.2) is 0 Å². The van der Waals surface area contributed by atoms with Crippen molar-refractivity contribution in [3.05, 3.63) is 0 Å². The van der Waals surface area contributed by atoms with Gasteiger partial charge in [-0.1, -0.05) is 6.42 Å². The van der Waals surface area contributed by atoms with E-state index in [0.717, 1.165) is 25.8 Å². The van der Waals surface area contributed by atoms with E-state index in [0.29, 0.717) is 12.8 Å². The van der Waals surface area contributed by atoms with Crippen molar-refractivity contribution >= 4 is 9.84 Å². The molecule has 1 aliphatic rings. The maximum absolute atomic E-state index is 11.7. The highest BCUT2D eigenvalue weighted by Crippen LogP contribution is 2.36. The van der Waals surface area contributed by atoms with Crippen molar-refractivity contribution in [2.75, 3.05) is 12.8 Å². The zero-order valence-electron chi connectivity index (χ0n) is 13.6. The van der Waals surface area contributed by atoms with Crippen LogP contribution in [0.5, 0.6) is 0 Å². The summed E-state index contributed by atoms with van der Waals surface area (Å²) in [4.78, 5) is 0. The number of sulfone groups is 1. The molecule has 120 valence electrons. The van der Waals surface area contributed by atoms with Crippen LogP contribution in [0.4, 0.5) is 0 Å². The predicted octanol–water partition coefficient (Wildman–Crippen LogP) is 2.12. The molecular weight excluding hydrogens is 274 g/mol. The average Bonchev–Trinajstić information content (AvgIpc) is 2.26. The van der Waals surface area contributed by atoms with Gasteiger partial charge in [0.25, 0.3) is 0 Å². The van der Waals surface area contributed by atoms with E-state index in [9.17, 15) is 13.5 Å². The zero-order valence-corrected chi connectivity index (χ0v) is 14.4. The summed E-state index contributed by atoms with van der Waals surface area (Å²) >= 11 is 0. The SMILES string of the molecule is CC(C)(C)NCCC(C)(O)C1CCCC(S(C)(=O)=O)C1. The third-order valence-corrected chi connectivity index (χ3v) is 6.04. The Balaban J connectivity index is 2.58. The lowest BCUT2D eigenvalue weighted by Crippen LogP contribution is -2.45. The van der Waals surface area contributed by atoms with Gasteiger partial charge in [-0.05, 0) is 65.8 Å². The van der Waals surface area contributed by atoms with Crippen molar-refractivity contribution in [1.82, 2.24) is 5.32 Å². The highest BCUT2D eigenvalue weighted by Gasteiger charge is 2.38. The van der Waals surface area contributed by atoms with Crippen molar-refractivity contribution in [3.8, 4) is 0 Å². The van der Waals surface area contributed by atoms with Gasteiger partial charge in [0.05, 0.1) is 10.9 Å². The Kier molecular flexibility index (Phi) is 5.67. The largest absolute Gasteiger partial charge is 0.390 e. The van der Waals surface area contributed by atoms with Gasteiger partial charge in [-0.3, -0.25) is 0 Å². The molecule has 0 bridgehead atoms. The highest BCUT2D eigenvalue weighted by atomic mass is 32.2. The van der Waals surface area contributed by atoms with Crippen LogP contribution in [-0.2, 0) is 9.84 Å². The van der Waals surface area contributed by atoms with Crippen LogP contribution in [0, 0.1) is 5.92 Å². The molecule has 1 aliphatic carbocycles. The van der Waals surface area contributed by atoms with Gasteiger partial charge in [-0.2, -0.15) is 0 Å². The van der Waals surface area contributed by atoms with Gasteiger partial charge in [0.1, 0.15) is 9.84 Å². The summed E-state index contributed by atoms with van der Waals surface area (Å²) in [6, 6.07) is 0. The predicted molar refractivity (Wildman–Crippen MR) is 83.6 cm³/mol. The molecule has 0 aliphatic heterocycles. The second-order valence-electron chi connectivity index (χ2n) is 7.60. The Morgan fingerprint density at radius 3 is 2.30 bits per heavy atom. The summed E-state index contributed by atoms with van der Waals surface area (Å²) in [7, 11) is -2.99. The van der Waals surface area contributed by atoms with E-state index < -0.39 is 15.4 Å². The van der Waals surface area contributed by atoms with E-state index in [1.54, 1.807) is 0 Å².